The van der Waals surface area contributed by atoms with E-state index in [1.807, 2.05) is 19.2 Å². The lowest BCUT2D eigenvalue weighted by molar-refractivity contribution is -0.135. The molecule has 0 aromatic heterocycles. The van der Waals surface area contributed by atoms with Crippen molar-refractivity contribution in [1.29, 1.82) is 0 Å². The number of hydrogen-bond acceptors (Lipinski definition) is 3. The smallest absolute Gasteiger partial charge is 0.226 e. The van der Waals surface area contributed by atoms with Crippen LogP contribution < -0.4 is 10.5 Å². The van der Waals surface area contributed by atoms with Crippen molar-refractivity contribution in [3.05, 3.63) is 28.8 Å². The predicted octanol–water partition coefficient (Wildman–Crippen LogP) is 3.10. The standard InChI is InChI=1S/C16H23ClN2O2.ClH/c1-19(16(20)14-5-3-4-11(14)9-18)10-12-8-13(17)6-7-15(12)21-2;/h6-8,11,14H,3-5,9-10,18H2,1-2H3;1H/t11-,14-;/m1./s1. The number of hydrogen-bond donors (Lipinski definition) is 1. The predicted molar refractivity (Wildman–Crippen MR) is 91.6 cm³/mol. The summed E-state index contributed by atoms with van der Waals surface area (Å²) >= 11 is 6.03. The van der Waals surface area contributed by atoms with Crippen molar-refractivity contribution in [3.8, 4) is 5.75 Å². The molecule has 2 rings (SSSR count). The van der Waals surface area contributed by atoms with E-state index < -0.39 is 0 Å². The van der Waals surface area contributed by atoms with E-state index in [2.05, 4.69) is 0 Å². The first kappa shape index (κ1) is 19.1. The quantitative estimate of drug-likeness (QED) is 0.891. The summed E-state index contributed by atoms with van der Waals surface area (Å²) < 4.78 is 5.33. The number of halogens is 2. The highest BCUT2D eigenvalue weighted by molar-refractivity contribution is 6.30. The van der Waals surface area contributed by atoms with Crippen molar-refractivity contribution < 1.29 is 9.53 Å². The van der Waals surface area contributed by atoms with Crippen LogP contribution in [0.5, 0.6) is 5.75 Å². The Balaban J connectivity index is 0.00000242. The van der Waals surface area contributed by atoms with E-state index >= 15 is 0 Å². The Bertz CT molecular complexity index is 511. The molecule has 0 heterocycles. The Kier molecular flexibility index (Phi) is 7.46. The summed E-state index contributed by atoms with van der Waals surface area (Å²) in [6.07, 6.45) is 3.09. The summed E-state index contributed by atoms with van der Waals surface area (Å²) in [5.74, 6) is 1.30. The molecule has 0 unspecified atom stereocenters. The lowest BCUT2D eigenvalue weighted by Crippen LogP contribution is -2.36. The molecular weight excluding hydrogens is 323 g/mol. The number of benzene rings is 1. The molecule has 6 heteroatoms. The molecule has 4 nitrogen and oxygen atoms in total. The number of nitrogens with two attached hydrogens (primary N) is 1. The van der Waals surface area contributed by atoms with Crippen LogP contribution in [-0.2, 0) is 11.3 Å². The molecule has 0 bridgehead atoms. The summed E-state index contributed by atoms with van der Waals surface area (Å²) in [4.78, 5) is 14.4. The molecule has 2 atom stereocenters. The normalized spacial score (nSPS) is 20.4. The van der Waals surface area contributed by atoms with Gasteiger partial charge in [-0.3, -0.25) is 4.79 Å². The van der Waals surface area contributed by atoms with Gasteiger partial charge in [-0.1, -0.05) is 18.0 Å². The molecule has 1 amide bonds. The zero-order chi connectivity index (χ0) is 15.4. The van der Waals surface area contributed by atoms with E-state index in [-0.39, 0.29) is 24.2 Å². The van der Waals surface area contributed by atoms with Gasteiger partial charge in [0, 0.05) is 30.1 Å². The molecule has 2 N–H and O–H groups in total. The average Bonchev–Trinajstić information content (AvgIpc) is 2.95. The largest absolute Gasteiger partial charge is 0.496 e. The molecule has 1 fully saturated rings. The number of nitrogens with zero attached hydrogens (tertiary/aromatic N) is 1. The Morgan fingerprint density at radius 3 is 2.82 bits per heavy atom. The van der Waals surface area contributed by atoms with E-state index in [1.165, 1.54) is 0 Å². The minimum absolute atomic E-state index is 0. The lowest BCUT2D eigenvalue weighted by Gasteiger charge is -2.25. The molecule has 0 radical (unpaired) electrons. The Labute approximate surface area is 143 Å². The first-order valence-electron chi connectivity index (χ1n) is 7.34. The third kappa shape index (κ3) is 4.28. The number of carbonyl (C=O) groups is 1. The van der Waals surface area contributed by atoms with Crippen molar-refractivity contribution in [2.75, 3.05) is 20.7 Å². The summed E-state index contributed by atoms with van der Waals surface area (Å²) in [7, 11) is 3.45. The number of methoxy groups -OCH3 is 1. The molecule has 0 aliphatic heterocycles. The van der Waals surface area contributed by atoms with Crippen LogP contribution >= 0.6 is 24.0 Å². The molecule has 1 aromatic rings. The zero-order valence-corrected chi connectivity index (χ0v) is 14.6. The molecule has 0 saturated heterocycles. The highest BCUT2D eigenvalue weighted by atomic mass is 35.5. The van der Waals surface area contributed by atoms with Crippen LogP contribution in [0.25, 0.3) is 0 Å². The van der Waals surface area contributed by atoms with Crippen LogP contribution in [0, 0.1) is 11.8 Å². The van der Waals surface area contributed by atoms with E-state index in [0.717, 1.165) is 30.6 Å². The van der Waals surface area contributed by atoms with Gasteiger partial charge >= 0.3 is 0 Å². The van der Waals surface area contributed by atoms with Gasteiger partial charge in [0.15, 0.2) is 0 Å². The van der Waals surface area contributed by atoms with Crippen molar-refractivity contribution >= 4 is 29.9 Å². The molecule has 1 aliphatic carbocycles. The number of amides is 1. The van der Waals surface area contributed by atoms with Gasteiger partial charge in [0.05, 0.1) is 7.11 Å². The molecule has 124 valence electrons. The second-order valence-electron chi connectivity index (χ2n) is 5.68. The fourth-order valence-electron chi connectivity index (χ4n) is 3.13. The third-order valence-electron chi connectivity index (χ3n) is 4.31. The van der Waals surface area contributed by atoms with Crippen LogP contribution in [0.4, 0.5) is 0 Å². The topological polar surface area (TPSA) is 55.6 Å². The van der Waals surface area contributed by atoms with E-state index in [1.54, 1.807) is 18.1 Å². The third-order valence-corrected chi connectivity index (χ3v) is 4.54. The molecule has 1 aliphatic rings. The van der Waals surface area contributed by atoms with Crippen molar-refractivity contribution in [2.24, 2.45) is 17.6 Å². The number of ether oxygens (including phenoxy) is 1. The van der Waals surface area contributed by atoms with Crippen LogP contribution in [0.3, 0.4) is 0 Å². The second-order valence-corrected chi connectivity index (χ2v) is 6.12. The summed E-state index contributed by atoms with van der Waals surface area (Å²) in [5.41, 5.74) is 6.69. The Morgan fingerprint density at radius 1 is 1.45 bits per heavy atom. The molecule has 1 aromatic carbocycles. The van der Waals surface area contributed by atoms with Gasteiger partial charge in [-0.05, 0) is 43.5 Å². The van der Waals surface area contributed by atoms with Crippen LogP contribution in [-0.4, -0.2) is 31.5 Å². The minimum Gasteiger partial charge on any atom is -0.496 e. The van der Waals surface area contributed by atoms with E-state index in [0.29, 0.717) is 24.0 Å². The van der Waals surface area contributed by atoms with Crippen molar-refractivity contribution in [3.63, 3.8) is 0 Å². The molecule has 22 heavy (non-hydrogen) atoms. The first-order chi connectivity index (χ1) is 10.1. The maximum atomic E-state index is 12.6. The monoisotopic (exact) mass is 346 g/mol. The van der Waals surface area contributed by atoms with Crippen molar-refractivity contribution in [1.82, 2.24) is 4.90 Å². The fraction of sp³-hybridized carbons (Fsp3) is 0.562. The minimum atomic E-state index is 0. The number of carbonyl (C=O) groups excluding carboxylic acids is 1. The highest BCUT2D eigenvalue weighted by Crippen LogP contribution is 2.33. The highest BCUT2D eigenvalue weighted by Gasteiger charge is 2.33. The molecular formula is C16H24Cl2N2O2. The Morgan fingerprint density at radius 2 is 2.18 bits per heavy atom. The summed E-state index contributed by atoms with van der Waals surface area (Å²) in [6.45, 7) is 1.08. The fourth-order valence-corrected chi connectivity index (χ4v) is 3.33. The summed E-state index contributed by atoms with van der Waals surface area (Å²) in [5, 5.41) is 0.646. The maximum Gasteiger partial charge on any atom is 0.226 e. The van der Waals surface area contributed by atoms with E-state index in [4.69, 9.17) is 22.1 Å². The lowest BCUT2D eigenvalue weighted by atomic mass is 9.94. The van der Waals surface area contributed by atoms with Gasteiger partial charge in [-0.2, -0.15) is 0 Å². The Hall–Kier alpha value is -0.970. The number of rotatable bonds is 5. The van der Waals surface area contributed by atoms with Gasteiger partial charge in [-0.15, -0.1) is 12.4 Å². The average molecular weight is 347 g/mol. The zero-order valence-electron chi connectivity index (χ0n) is 13.0. The second kappa shape index (κ2) is 8.61. The van der Waals surface area contributed by atoms with Gasteiger partial charge in [-0.25, -0.2) is 0 Å². The maximum absolute atomic E-state index is 12.6. The van der Waals surface area contributed by atoms with Crippen LogP contribution in [0.2, 0.25) is 5.02 Å². The van der Waals surface area contributed by atoms with Gasteiger partial charge in [0.25, 0.3) is 0 Å². The van der Waals surface area contributed by atoms with Gasteiger partial charge < -0.3 is 15.4 Å². The summed E-state index contributed by atoms with van der Waals surface area (Å²) in [6, 6.07) is 5.46. The van der Waals surface area contributed by atoms with Crippen molar-refractivity contribution in [2.45, 2.75) is 25.8 Å². The van der Waals surface area contributed by atoms with Crippen LogP contribution in [0.15, 0.2) is 18.2 Å². The SMILES string of the molecule is COc1ccc(Cl)cc1CN(C)C(=O)[C@@H]1CCC[C@@H]1CN.Cl. The van der Waals surface area contributed by atoms with Crippen LogP contribution in [0.1, 0.15) is 24.8 Å². The molecule has 0 spiro atoms. The van der Waals surface area contributed by atoms with E-state index in [9.17, 15) is 4.79 Å². The molecule has 1 saturated carbocycles. The van der Waals surface area contributed by atoms with Gasteiger partial charge in [0.1, 0.15) is 5.75 Å². The first-order valence-corrected chi connectivity index (χ1v) is 7.72. The van der Waals surface area contributed by atoms with Gasteiger partial charge in [0.2, 0.25) is 5.91 Å².